The van der Waals surface area contributed by atoms with E-state index in [-0.39, 0.29) is 0 Å². The van der Waals surface area contributed by atoms with Crippen molar-refractivity contribution < 1.29 is 4.42 Å². The van der Waals surface area contributed by atoms with Crippen LogP contribution in [0.25, 0.3) is 22.1 Å². The van der Waals surface area contributed by atoms with E-state index in [1.807, 2.05) is 0 Å². The average molecular weight is 431 g/mol. The van der Waals surface area contributed by atoms with Crippen LogP contribution >= 0.6 is 11.3 Å². The lowest BCUT2D eigenvalue weighted by Crippen LogP contribution is -2.30. The van der Waals surface area contributed by atoms with Gasteiger partial charge >= 0.3 is 0 Å². The van der Waals surface area contributed by atoms with Crippen LogP contribution in [0.2, 0.25) is 0 Å². The molecule has 5 rings (SSSR count). The molecular weight excluding hydrogens is 400 g/mol. The molecule has 160 valence electrons. The zero-order valence-electron chi connectivity index (χ0n) is 18.4. The molecule has 4 heteroatoms. The summed E-state index contributed by atoms with van der Waals surface area (Å²) in [5, 5.41) is 5.52. The number of hydrogen-bond donors (Lipinski definition) is 0. The van der Waals surface area contributed by atoms with Crippen LogP contribution in [-0.2, 0) is 13.1 Å². The topological polar surface area (TPSA) is 19.6 Å². The van der Waals surface area contributed by atoms with Crippen molar-refractivity contribution in [1.82, 2.24) is 9.80 Å². The van der Waals surface area contributed by atoms with Gasteiger partial charge in [0.05, 0.1) is 6.54 Å². The van der Waals surface area contributed by atoms with Gasteiger partial charge < -0.3 is 4.42 Å². The Hall–Kier alpha value is -2.40. The quantitative estimate of drug-likeness (QED) is 0.361. The molecular formula is C27H30N2OS. The van der Waals surface area contributed by atoms with Crippen molar-refractivity contribution in [2.75, 3.05) is 26.2 Å². The fraction of sp³-hybridized carbons (Fsp3) is 0.333. The molecule has 1 aliphatic heterocycles. The van der Waals surface area contributed by atoms with Gasteiger partial charge in [-0.15, -0.1) is 0 Å². The fourth-order valence-corrected chi connectivity index (χ4v) is 5.43. The molecule has 0 unspecified atom stereocenters. The fourth-order valence-electron chi connectivity index (χ4n) is 4.76. The molecule has 1 aliphatic rings. The maximum atomic E-state index is 6.18. The van der Waals surface area contributed by atoms with Crippen molar-refractivity contribution >= 4 is 22.3 Å². The minimum Gasteiger partial charge on any atom is -0.460 e. The van der Waals surface area contributed by atoms with Gasteiger partial charge in [0.2, 0.25) is 0 Å². The summed E-state index contributed by atoms with van der Waals surface area (Å²) >= 11 is 1.74. The molecule has 1 saturated heterocycles. The van der Waals surface area contributed by atoms with Crippen LogP contribution in [0, 0.1) is 13.8 Å². The third kappa shape index (κ3) is 4.93. The third-order valence-electron chi connectivity index (χ3n) is 6.17. The van der Waals surface area contributed by atoms with Gasteiger partial charge in [-0.05, 0) is 85.1 Å². The predicted molar refractivity (Wildman–Crippen MR) is 131 cm³/mol. The van der Waals surface area contributed by atoms with E-state index in [9.17, 15) is 0 Å². The Labute approximate surface area is 188 Å². The second-order valence-electron chi connectivity index (χ2n) is 8.88. The van der Waals surface area contributed by atoms with E-state index in [0.717, 1.165) is 50.6 Å². The maximum Gasteiger partial charge on any atom is 0.134 e. The Morgan fingerprint density at radius 3 is 2.32 bits per heavy atom. The summed E-state index contributed by atoms with van der Waals surface area (Å²) in [6.07, 6.45) is 1.20. The second-order valence-corrected chi connectivity index (χ2v) is 9.66. The molecule has 1 fully saturated rings. The monoisotopic (exact) mass is 430 g/mol. The minimum atomic E-state index is 0.889. The van der Waals surface area contributed by atoms with Gasteiger partial charge in [0.15, 0.2) is 0 Å². The van der Waals surface area contributed by atoms with Gasteiger partial charge in [0.1, 0.15) is 11.3 Å². The SMILES string of the molecule is Cc1cc(C)cc(CN2CCCN(Cc3cc4cc(-c5ccsc5)ccc4o3)CC2)c1. The Morgan fingerprint density at radius 1 is 0.806 bits per heavy atom. The smallest absolute Gasteiger partial charge is 0.134 e. The van der Waals surface area contributed by atoms with E-state index in [1.165, 1.54) is 39.6 Å². The van der Waals surface area contributed by atoms with Crippen molar-refractivity contribution in [2.45, 2.75) is 33.4 Å². The summed E-state index contributed by atoms with van der Waals surface area (Å²) in [7, 11) is 0. The second kappa shape index (κ2) is 8.99. The predicted octanol–water partition coefficient (Wildman–Crippen LogP) is 6.49. The lowest BCUT2D eigenvalue weighted by atomic mass is 10.1. The lowest BCUT2D eigenvalue weighted by Gasteiger charge is -2.21. The Morgan fingerprint density at radius 2 is 1.58 bits per heavy atom. The molecule has 0 amide bonds. The Balaban J connectivity index is 1.23. The van der Waals surface area contributed by atoms with E-state index in [1.54, 1.807) is 11.3 Å². The molecule has 2 aromatic carbocycles. The summed E-state index contributed by atoms with van der Waals surface area (Å²) in [6.45, 7) is 10.8. The Kier molecular flexibility index (Phi) is 5.95. The van der Waals surface area contributed by atoms with Crippen LogP contribution in [0.4, 0.5) is 0 Å². The van der Waals surface area contributed by atoms with Crippen LogP contribution in [0.1, 0.15) is 28.9 Å². The molecule has 4 aromatic rings. The largest absolute Gasteiger partial charge is 0.460 e. The zero-order chi connectivity index (χ0) is 21.2. The number of fused-ring (bicyclic) bond motifs is 1. The van der Waals surface area contributed by atoms with Gasteiger partial charge in [-0.25, -0.2) is 0 Å². The van der Waals surface area contributed by atoms with Crippen molar-refractivity contribution in [3.8, 4) is 11.1 Å². The van der Waals surface area contributed by atoms with Crippen molar-refractivity contribution in [3.05, 3.63) is 81.7 Å². The Bertz CT molecular complexity index is 1140. The molecule has 0 bridgehead atoms. The van der Waals surface area contributed by atoms with Gasteiger partial charge in [-0.1, -0.05) is 35.4 Å². The lowest BCUT2D eigenvalue weighted by molar-refractivity contribution is 0.236. The number of nitrogens with zero attached hydrogens (tertiary/aromatic N) is 2. The summed E-state index contributed by atoms with van der Waals surface area (Å²) in [4.78, 5) is 5.14. The molecule has 0 aliphatic carbocycles. The van der Waals surface area contributed by atoms with Gasteiger partial charge in [-0.2, -0.15) is 11.3 Å². The highest BCUT2D eigenvalue weighted by atomic mass is 32.1. The number of aryl methyl sites for hydroxylation is 2. The third-order valence-corrected chi connectivity index (χ3v) is 6.85. The van der Waals surface area contributed by atoms with Crippen LogP contribution in [-0.4, -0.2) is 36.0 Å². The number of rotatable bonds is 5. The molecule has 2 aromatic heterocycles. The molecule has 0 saturated carbocycles. The molecule has 0 N–H and O–H groups in total. The minimum absolute atomic E-state index is 0.889. The number of furan rings is 1. The highest BCUT2D eigenvalue weighted by molar-refractivity contribution is 7.08. The van der Waals surface area contributed by atoms with Crippen molar-refractivity contribution in [1.29, 1.82) is 0 Å². The normalized spacial score (nSPS) is 16.1. The first-order chi connectivity index (χ1) is 15.1. The molecule has 0 radical (unpaired) electrons. The molecule has 3 heterocycles. The zero-order valence-corrected chi connectivity index (χ0v) is 19.3. The van der Waals surface area contributed by atoms with E-state index >= 15 is 0 Å². The molecule has 31 heavy (non-hydrogen) atoms. The number of thiophene rings is 1. The van der Waals surface area contributed by atoms with Gasteiger partial charge in [0.25, 0.3) is 0 Å². The van der Waals surface area contributed by atoms with Crippen LogP contribution in [0.15, 0.2) is 63.7 Å². The maximum absolute atomic E-state index is 6.18. The summed E-state index contributed by atoms with van der Waals surface area (Å²) in [6, 6.07) is 17.8. The summed E-state index contributed by atoms with van der Waals surface area (Å²) < 4.78 is 6.18. The van der Waals surface area contributed by atoms with E-state index < -0.39 is 0 Å². The molecule has 3 nitrogen and oxygen atoms in total. The van der Waals surface area contributed by atoms with Crippen LogP contribution in [0.5, 0.6) is 0 Å². The van der Waals surface area contributed by atoms with E-state index in [0.29, 0.717) is 0 Å². The molecule has 0 atom stereocenters. The van der Waals surface area contributed by atoms with Crippen molar-refractivity contribution in [3.63, 3.8) is 0 Å². The van der Waals surface area contributed by atoms with Crippen LogP contribution < -0.4 is 0 Å². The highest BCUT2D eigenvalue weighted by Crippen LogP contribution is 2.28. The summed E-state index contributed by atoms with van der Waals surface area (Å²) in [5.41, 5.74) is 7.69. The van der Waals surface area contributed by atoms with Crippen molar-refractivity contribution in [2.24, 2.45) is 0 Å². The first-order valence-electron chi connectivity index (χ1n) is 11.2. The number of hydrogen-bond acceptors (Lipinski definition) is 4. The highest BCUT2D eigenvalue weighted by Gasteiger charge is 2.17. The van der Waals surface area contributed by atoms with Gasteiger partial charge in [0, 0.05) is 25.0 Å². The van der Waals surface area contributed by atoms with E-state index in [2.05, 4.69) is 82.9 Å². The standard InChI is InChI=1S/C27H30N2OS/c1-20-12-21(2)14-22(13-20)17-28-7-3-8-29(10-9-28)18-26-16-25-15-23(4-5-27(25)30-26)24-6-11-31-19-24/h4-6,11-16,19H,3,7-10,17-18H2,1-2H3. The van der Waals surface area contributed by atoms with Crippen LogP contribution in [0.3, 0.4) is 0 Å². The summed E-state index contributed by atoms with van der Waals surface area (Å²) in [5.74, 6) is 1.07. The van der Waals surface area contributed by atoms with Gasteiger partial charge in [-0.3, -0.25) is 9.80 Å². The first-order valence-corrected chi connectivity index (χ1v) is 12.1. The number of benzene rings is 2. The first kappa shape index (κ1) is 20.5. The average Bonchev–Trinajstić information content (AvgIpc) is 3.34. The van der Waals surface area contributed by atoms with E-state index in [4.69, 9.17) is 4.42 Å². The molecule has 0 spiro atoms.